The van der Waals surface area contributed by atoms with Crippen molar-refractivity contribution in [1.82, 2.24) is 18.7 Å². The number of carbonyl (C=O) groups excluding carboxylic acids is 1. The number of carbonyl (C=O) groups is 2. The normalized spacial score (nSPS) is 10.9. The van der Waals surface area contributed by atoms with Gasteiger partial charge in [-0.05, 0) is 43.5 Å². The molecule has 0 saturated carbocycles. The molecule has 3 rings (SSSR count). The number of aryl methyl sites for hydroxylation is 2. The summed E-state index contributed by atoms with van der Waals surface area (Å²) in [5.41, 5.74) is 0.619. The average molecular weight is 458 g/mol. The highest BCUT2D eigenvalue weighted by atomic mass is 16.4. The lowest BCUT2D eigenvalue weighted by Crippen LogP contribution is -2.39. The molecule has 0 spiro atoms. The van der Waals surface area contributed by atoms with Crippen molar-refractivity contribution in [2.24, 2.45) is 14.1 Å². The molecule has 0 aliphatic heterocycles. The first kappa shape index (κ1) is 25.1. The third-order valence-corrected chi connectivity index (χ3v) is 4.78. The van der Waals surface area contributed by atoms with Crippen LogP contribution in [-0.4, -0.2) is 45.8 Å². The summed E-state index contributed by atoms with van der Waals surface area (Å²) in [4.78, 5) is 49.6. The van der Waals surface area contributed by atoms with Crippen LogP contribution in [0.1, 0.15) is 31.7 Å². The summed E-state index contributed by atoms with van der Waals surface area (Å²) < 4.78 is 4.20. The molecular formula is C22H26N4O7. The number of hydrogen-bond donors (Lipinski definition) is 3. The monoisotopic (exact) mass is 458 g/mol. The van der Waals surface area contributed by atoms with Crippen LogP contribution in [0.3, 0.4) is 0 Å². The number of carboxylic acid groups (broad SMARTS) is 1. The van der Waals surface area contributed by atoms with Gasteiger partial charge in [0.25, 0.3) is 5.56 Å². The van der Waals surface area contributed by atoms with E-state index in [4.69, 9.17) is 15.3 Å². The van der Waals surface area contributed by atoms with Gasteiger partial charge in [0.2, 0.25) is 0 Å². The number of benzene rings is 1. The van der Waals surface area contributed by atoms with Crippen LogP contribution in [0.5, 0.6) is 11.5 Å². The number of hydrogen-bond acceptors (Lipinski definition) is 7. The van der Waals surface area contributed by atoms with Crippen LogP contribution in [0.2, 0.25) is 0 Å². The van der Waals surface area contributed by atoms with Crippen LogP contribution in [0.15, 0.2) is 40.2 Å². The van der Waals surface area contributed by atoms with Gasteiger partial charge in [-0.2, -0.15) is 0 Å². The van der Waals surface area contributed by atoms with Crippen molar-refractivity contribution in [2.75, 3.05) is 0 Å². The number of Topliss-reactive ketones (excluding diaryl/α,β-unsaturated/α-hetero) is 1. The lowest BCUT2D eigenvalue weighted by molar-refractivity contribution is -0.131. The third kappa shape index (κ3) is 6.42. The largest absolute Gasteiger partial charge is 0.504 e. The van der Waals surface area contributed by atoms with Crippen LogP contribution in [0.25, 0.3) is 17.2 Å². The number of rotatable bonds is 7. The maximum atomic E-state index is 12.3. The second-order valence-corrected chi connectivity index (χ2v) is 7.40. The number of aromatic hydroxyl groups is 2. The molecule has 0 unspecified atom stereocenters. The number of phenols is 2. The molecule has 1 aromatic carbocycles. The van der Waals surface area contributed by atoms with E-state index < -0.39 is 5.97 Å². The second kappa shape index (κ2) is 10.9. The zero-order valence-corrected chi connectivity index (χ0v) is 18.6. The molecular weight excluding hydrogens is 432 g/mol. The first-order chi connectivity index (χ1) is 15.5. The standard InChI is InChI=1S/C13H18N4O3.C9H8O4/c1-9(18)6-4-5-7-17-12(19)10-11(14-8-15(10)2)16(3)13(17)20;10-7-3-1-6(5-8(7)11)2-4-9(12)13/h8H,4-7H2,1-3H3;1-5,10-11H,(H,12,13). The van der Waals surface area contributed by atoms with E-state index in [-0.39, 0.29) is 28.5 Å². The number of ketones is 1. The maximum absolute atomic E-state index is 12.3. The second-order valence-electron chi connectivity index (χ2n) is 7.40. The fraction of sp³-hybridized carbons (Fsp3) is 0.318. The van der Waals surface area contributed by atoms with Gasteiger partial charge in [0.05, 0.1) is 6.33 Å². The fourth-order valence-electron chi connectivity index (χ4n) is 3.05. The molecule has 0 saturated heterocycles. The number of aromatic nitrogens is 4. The number of aliphatic carboxylic acids is 1. The Bertz CT molecular complexity index is 1310. The highest BCUT2D eigenvalue weighted by Crippen LogP contribution is 2.25. The van der Waals surface area contributed by atoms with E-state index in [0.29, 0.717) is 42.5 Å². The minimum Gasteiger partial charge on any atom is -0.504 e. The summed E-state index contributed by atoms with van der Waals surface area (Å²) >= 11 is 0. The summed E-state index contributed by atoms with van der Waals surface area (Å²) in [5.74, 6) is -1.44. The van der Waals surface area contributed by atoms with Gasteiger partial charge in [0.15, 0.2) is 22.7 Å². The van der Waals surface area contributed by atoms with E-state index in [1.54, 1.807) is 18.7 Å². The van der Waals surface area contributed by atoms with Gasteiger partial charge in [0, 0.05) is 33.1 Å². The van der Waals surface area contributed by atoms with Crippen molar-refractivity contribution >= 4 is 29.0 Å². The molecule has 3 N–H and O–H groups in total. The molecule has 0 aliphatic rings. The lowest BCUT2D eigenvalue weighted by atomic mass is 10.2. The Morgan fingerprint density at radius 2 is 1.79 bits per heavy atom. The molecule has 0 amide bonds. The molecule has 0 atom stereocenters. The Morgan fingerprint density at radius 1 is 1.09 bits per heavy atom. The quantitative estimate of drug-likeness (QED) is 0.272. The topological polar surface area (TPSA) is 157 Å². The Balaban J connectivity index is 0.000000257. The van der Waals surface area contributed by atoms with E-state index in [2.05, 4.69) is 4.98 Å². The van der Waals surface area contributed by atoms with Crippen LogP contribution in [0.4, 0.5) is 0 Å². The van der Waals surface area contributed by atoms with E-state index in [0.717, 1.165) is 6.08 Å². The van der Waals surface area contributed by atoms with Gasteiger partial charge in [-0.3, -0.25) is 13.9 Å². The predicted molar refractivity (Wildman–Crippen MR) is 121 cm³/mol. The summed E-state index contributed by atoms with van der Waals surface area (Å²) in [6.45, 7) is 1.85. The molecule has 11 nitrogen and oxygen atoms in total. The highest BCUT2D eigenvalue weighted by Gasteiger charge is 2.14. The van der Waals surface area contributed by atoms with Crippen molar-refractivity contribution in [1.29, 1.82) is 0 Å². The zero-order chi connectivity index (χ0) is 24.7. The molecule has 33 heavy (non-hydrogen) atoms. The first-order valence-corrected chi connectivity index (χ1v) is 10.1. The van der Waals surface area contributed by atoms with Crippen molar-refractivity contribution in [2.45, 2.75) is 32.7 Å². The summed E-state index contributed by atoms with van der Waals surface area (Å²) in [6, 6.07) is 4.06. The van der Waals surface area contributed by atoms with Gasteiger partial charge in [-0.25, -0.2) is 14.6 Å². The third-order valence-electron chi connectivity index (χ3n) is 4.78. The first-order valence-electron chi connectivity index (χ1n) is 10.1. The SMILES string of the molecule is CC(=O)CCCCn1c(=O)c2c(ncn2C)n(C)c1=O.O=C(O)C=Cc1ccc(O)c(O)c1. The number of nitrogens with zero attached hydrogens (tertiary/aromatic N) is 4. The summed E-state index contributed by atoms with van der Waals surface area (Å²) in [5, 5.41) is 26.3. The summed E-state index contributed by atoms with van der Waals surface area (Å²) in [6.07, 6.45) is 5.56. The number of carboxylic acids is 1. The minimum atomic E-state index is -1.06. The van der Waals surface area contributed by atoms with Gasteiger partial charge in [-0.15, -0.1) is 0 Å². The van der Waals surface area contributed by atoms with Crippen molar-refractivity contribution in [3.63, 3.8) is 0 Å². The highest BCUT2D eigenvalue weighted by molar-refractivity contribution is 5.85. The van der Waals surface area contributed by atoms with Crippen molar-refractivity contribution in [3.8, 4) is 11.5 Å². The Morgan fingerprint density at radius 3 is 2.39 bits per heavy atom. The Kier molecular flexibility index (Phi) is 8.32. The number of phenolic OH excluding ortho intramolecular Hbond substituents is 2. The van der Waals surface area contributed by atoms with Crippen LogP contribution >= 0.6 is 0 Å². The number of fused-ring (bicyclic) bond motifs is 1. The maximum Gasteiger partial charge on any atom is 0.332 e. The van der Waals surface area contributed by atoms with Crippen LogP contribution in [-0.2, 0) is 30.2 Å². The Hall–Kier alpha value is -4.15. The molecule has 3 aromatic rings. The molecule has 0 bridgehead atoms. The minimum absolute atomic E-state index is 0.118. The zero-order valence-electron chi connectivity index (χ0n) is 18.6. The van der Waals surface area contributed by atoms with Crippen LogP contribution < -0.4 is 11.2 Å². The molecule has 2 aromatic heterocycles. The molecule has 176 valence electrons. The molecule has 11 heteroatoms. The summed E-state index contributed by atoms with van der Waals surface area (Å²) in [7, 11) is 3.32. The van der Waals surface area contributed by atoms with E-state index in [1.807, 2.05) is 0 Å². The van der Waals surface area contributed by atoms with Gasteiger partial charge < -0.3 is 24.7 Å². The molecule has 0 aliphatic carbocycles. The number of unbranched alkanes of at least 4 members (excludes halogenated alkanes) is 1. The van der Waals surface area contributed by atoms with E-state index >= 15 is 0 Å². The van der Waals surface area contributed by atoms with Gasteiger partial charge >= 0.3 is 11.7 Å². The average Bonchev–Trinajstić information content (AvgIpc) is 3.14. The lowest BCUT2D eigenvalue weighted by Gasteiger charge is -2.08. The van der Waals surface area contributed by atoms with Crippen LogP contribution in [0, 0.1) is 0 Å². The Labute approximate surface area is 188 Å². The molecule has 0 radical (unpaired) electrons. The smallest absolute Gasteiger partial charge is 0.332 e. The van der Waals surface area contributed by atoms with Crippen molar-refractivity contribution in [3.05, 3.63) is 57.0 Å². The molecule has 2 heterocycles. The van der Waals surface area contributed by atoms with Gasteiger partial charge in [-0.1, -0.05) is 6.07 Å². The number of imidazole rings is 1. The van der Waals surface area contributed by atoms with E-state index in [1.165, 1.54) is 46.7 Å². The van der Waals surface area contributed by atoms with Gasteiger partial charge in [0.1, 0.15) is 5.78 Å². The van der Waals surface area contributed by atoms with E-state index in [9.17, 15) is 19.2 Å². The van der Waals surface area contributed by atoms with Crippen molar-refractivity contribution < 1.29 is 24.9 Å². The molecule has 0 fully saturated rings. The fourth-order valence-corrected chi connectivity index (χ4v) is 3.05. The predicted octanol–water partition coefficient (Wildman–Crippen LogP) is 1.39.